The number of nitrogens with zero attached hydrogens (tertiary/aromatic N) is 4. The van der Waals surface area contributed by atoms with Crippen molar-refractivity contribution < 1.29 is 4.79 Å². The van der Waals surface area contributed by atoms with Crippen LogP contribution in [0.4, 0.5) is 0 Å². The third kappa shape index (κ3) is 4.69. The fraction of sp³-hybridized carbons (Fsp3) is 0.533. The van der Waals surface area contributed by atoms with E-state index in [4.69, 9.17) is 0 Å². The quantitative estimate of drug-likeness (QED) is 0.763. The zero-order valence-electron chi connectivity index (χ0n) is 13.2. The molecule has 2 aromatic heterocycles. The normalized spacial score (nSPS) is 12.4. The van der Waals surface area contributed by atoms with E-state index in [1.807, 2.05) is 31.6 Å². The van der Waals surface area contributed by atoms with Gasteiger partial charge in [0.05, 0.1) is 28.8 Å². The number of halogens is 1. The first kappa shape index (κ1) is 16.7. The van der Waals surface area contributed by atoms with Crippen molar-refractivity contribution in [3.63, 3.8) is 0 Å². The van der Waals surface area contributed by atoms with Crippen LogP contribution in [0.15, 0.2) is 22.9 Å². The van der Waals surface area contributed by atoms with Crippen molar-refractivity contribution in [1.82, 2.24) is 24.9 Å². The first-order valence-corrected chi connectivity index (χ1v) is 8.21. The number of rotatable bonds is 7. The van der Waals surface area contributed by atoms with Crippen molar-refractivity contribution in [3.05, 3.63) is 34.3 Å². The van der Waals surface area contributed by atoms with Crippen LogP contribution in [0.2, 0.25) is 0 Å². The second-order valence-corrected chi connectivity index (χ2v) is 6.49. The van der Waals surface area contributed by atoms with Gasteiger partial charge in [-0.3, -0.25) is 14.2 Å². The van der Waals surface area contributed by atoms with Crippen molar-refractivity contribution in [1.29, 1.82) is 0 Å². The summed E-state index contributed by atoms with van der Waals surface area (Å²) in [4.78, 5) is 12.1. The Hall–Kier alpha value is -1.63. The van der Waals surface area contributed by atoms with E-state index in [-0.39, 0.29) is 11.8 Å². The first-order chi connectivity index (χ1) is 10.5. The molecule has 0 aliphatic rings. The molecule has 1 amide bonds. The lowest BCUT2D eigenvalue weighted by Gasteiger charge is -2.12. The molecule has 0 saturated carbocycles. The van der Waals surface area contributed by atoms with Crippen LogP contribution in [0.5, 0.6) is 0 Å². The van der Waals surface area contributed by atoms with E-state index in [2.05, 4.69) is 37.5 Å². The summed E-state index contributed by atoms with van der Waals surface area (Å²) in [5.74, 6) is -0.0551. The molecule has 0 bridgehead atoms. The molecule has 2 heterocycles. The number of amides is 1. The van der Waals surface area contributed by atoms with Gasteiger partial charge >= 0.3 is 0 Å². The minimum absolute atomic E-state index is 0.0555. The predicted octanol–water partition coefficient (Wildman–Crippen LogP) is 2.30. The number of nitrogens with one attached hydrogen (secondary N) is 1. The highest BCUT2D eigenvalue weighted by atomic mass is 79.9. The van der Waals surface area contributed by atoms with Crippen LogP contribution in [0.3, 0.4) is 0 Å². The van der Waals surface area contributed by atoms with Crippen LogP contribution in [-0.2, 0) is 17.9 Å². The zero-order valence-corrected chi connectivity index (χ0v) is 14.8. The Morgan fingerprint density at radius 1 is 1.45 bits per heavy atom. The maximum Gasteiger partial charge on any atom is 0.224 e. The van der Waals surface area contributed by atoms with E-state index in [1.54, 1.807) is 10.9 Å². The largest absolute Gasteiger partial charge is 0.356 e. The number of carbonyl (C=O) groups excluding carboxylic acids is 1. The maximum absolute atomic E-state index is 12.1. The van der Waals surface area contributed by atoms with Crippen LogP contribution >= 0.6 is 15.9 Å². The van der Waals surface area contributed by atoms with Gasteiger partial charge in [0, 0.05) is 25.0 Å². The van der Waals surface area contributed by atoms with Crippen molar-refractivity contribution in [2.45, 2.75) is 40.3 Å². The molecule has 1 atom stereocenters. The summed E-state index contributed by atoms with van der Waals surface area (Å²) in [6, 6.07) is 2.06. The van der Waals surface area contributed by atoms with Gasteiger partial charge in [-0.1, -0.05) is 6.92 Å². The Kier molecular flexibility index (Phi) is 5.76. The minimum Gasteiger partial charge on any atom is -0.356 e. The van der Waals surface area contributed by atoms with Crippen molar-refractivity contribution >= 4 is 21.8 Å². The molecule has 0 spiro atoms. The van der Waals surface area contributed by atoms with Crippen LogP contribution in [-0.4, -0.2) is 32.0 Å². The molecule has 2 aromatic rings. The average molecular weight is 368 g/mol. The molecule has 0 fully saturated rings. The van der Waals surface area contributed by atoms with Crippen molar-refractivity contribution in [2.75, 3.05) is 6.54 Å². The maximum atomic E-state index is 12.1. The Bertz CT molecular complexity index is 634. The molecule has 2 rings (SSSR count). The summed E-state index contributed by atoms with van der Waals surface area (Å²) in [6.07, 6.45) is 4.46. The number of aryl methyl sites for hydroxylation is 3. The van der Waals surface area contributed by atoms with Crippen LogP contribution in [0.25, 0.3) is 0 Å². The van der Waals surface area contributed by atoms with Crippen LogP contribution < -0.4 is 5.32 Å². The SMILES string of the molecule is Cc1cc(C)n(CCCNC(=O)C(C)Cn2cc(Br)cn2)n1. The molecule has 0 aromatic carbocycles. The van der Waals surface area contributed by atoms with Crippen LogP contribution in [0.1, 0.15) is 24.7 Å². The number of carbonyl (C=O) groups is 1. The molecule has 0 saturated heterocycles. The highest BCUT2D eigenvalue weighted by Crippen LogP contribution is 2.08. The highest BCUT2D eigenvalue weighted by molar-refractivity contribution is 9.10. The minimum atomic E-state index is -0.111. The average Bonchev–Trinajstić information content (AvgIpc) is 3.00. The van der Waals surface area contributed by atoms with E-state index >= 15 is 0 Å². The standard InChI is InChI=1S/C15H22BrN5O/c1-11(9-20-10-14(16)8-18-20)15(22)17-5-4-6-21-13(3)7-12(2)19-21/h7-8,10-11H,4-6,9H2,1-3H3,(H,17,22). The van der Waals surface area contributed by atoms with E-state index < -0.39 is 0 Å². The molecule has 22 heavy (non-hydrogen) atoms. The molecule has 0 aliphatic heterocycles. The molecular formula is C15H22BrN5O. The lowest BCUT2D eigenvalue weighted by Crippen LogP contribution is -2.32. The Morgan fingerprint density at radius 3 is 2.82 bits per heavy atom. The summed E-state index contributed by atoms with van der Waals surface area (Å²) in [5, 5.41) is 11.5. The van der Waals surface area contributed by atoms with E-state index in [1.165, 1.54) is 0 Å². The van der Waals surface area contributed by atoms with Gasteiger partial charge in [-0.15, -0.1) is 0 Å². The lowest BCUT2D eigenvalue weighted by atomic mass is 10.1. The van der Waals surface area contributed by atoms with Gasteiger partial charge in [-0.05, 0) is 42.3 Å². The van der Waals surface area contributed by atoms with Crippen molar-refractivity contribution in [3.8, 4) is 0 Å². The summed E-state index contributed by atoms with van der Waals surface area (Å²) >= 11 is 3.35. The second-order valence-electron chi connectivity index (χ2n) is 5.58. The lowest BCUT2D eigenvalue weighted by molar-refractivity contribution is -0.124. The van der Waals surface area contributed by atoms with E-state index in [0.29, 0.717) is 13.1 Å². The van der Waals surface area contributed by atoms with Gasteiger partial charge in [0.15, 0.2) is 0 Å². The van der Waals surface area contributed by atoms with Crippen LogP contribution in [0, 0.1) is 19.8 Å². The summed E-state index contributed by atoms with van der Waals surface area (Å²) < 4.78 is 4.67. The van der Waals surface area contributed by atoms with Crippen molar-refractivity contribution in [2.24, 2.45) is 5.92 Å². The summed E-state index contributed by atoms with van der Waals surface area (Å²) in [6.45, 7) is 8.00. The molecule has 0 radical (unpaired) electrons. The smallest absolute Gasteiger partial charge is 0.224 e. The van der Waals surface area contributed by atoms with Gasteiger partial charge < -0.3 is 5.32 Å². The molecule has 1 N–H and O–H groups in total. The molecule has 7 heteroatoms. The van der Waals surface area contributed by atoms with Gasteiger partial charge in [-0.25, -0.2) is 0 Å². The Morgan fingerprint density at radius 2 is 2.23 bits per heavy atom. The number of hydrogen-bond donors (Lipinski definition) is 1. The van der Waals surface area contributed by atoms with Gasteiger partial charge in [0.2, 0.25) is 5.91 Å². The van der Waals surface area contributed by atoms with Gasteiger partial charge in [-0.2, -0.15) is 10.2 Å². The van der Waals surface area contributed by atoms with E-state index in [0.717, 1.165) is 28.8 Å². The van der Waals surface area contributed by atoms with Gasteiger partial charge in [0.25, 0.3) is 0 Å². The third-order valence-corrected chi connectivity index (χ3v) is 3.87. The highest BCUT2D eigenvalue weighted by Gasteiger charge is 2.13. The number of hydrogen-bond acceptors (Lipinski definition) is 3. The van der Waals surface area contributed by atoms with Gasteiger partial charge in [0.1, 0.15) is 0 Å². The second kappa shape index (κ2) is 7.58. The zero-order chi connectivity index (χ0) is 16.1. The third-order valence-electron chi connectivity index (χ3n) is 3.46. The molecule has 1 unspecified atom stereocenters. The number of aromatic nitrogens is 4. The summed E-state index contributed by atoms with van der Waals surface area (Å²) in [7, 11) is 0. The fourth-order valence-corrected chi connectivity index (χ4v) is 2.65. The molecular weight excluding hydrogens is 346 g/mol. The fourth-order valence-electron chi connectivity index (χ4n) is 2.32. The summed E-state index contributed by atoms with van der Waals surface area (Å²) in [5.41, 5.74) is 2.18. The predicted molar refractivity (Wildman–Crippen MR) is 88.4 cm³/mol. The molecule has 120 valence electrons. The molecule has 0 aliphatic carbocycles. The topological polar surface area (TPSA) is 64.7 Å². The van der Waals surface area contributed by atoms with E-state index in [9.17, 15) is 4.79 Å². The Balaban J connectivity index is 1.70. The molecule has 6 nitrogen and oxygen atoms in total. The Labute approximate surface area is 139 Å². The monoisotopic (exact) mass is 367 g/mol. The first-order valence-electron chi connectivity index (χ1n) is 7.42.